The van der Waals surface area contributed by atoms with Gasteiger partial charge in [-0.15, -0.1) is 0 Å². The van der Waals surface area contributed by atoms with Gasteiger partial charge in [0, 0.05) is 18.2 Å². The van der Waals surface area contributed by atoms with Crippen molar-refractivity contribution in [1.29, 1.82) is 0 Å². The number of piperidine rings is 1. The molecule has 1 amide bonds. The molecule has 2 unspecified atom stereocenters. The zero-order chi connectivity index (χ0) is 15.4. The van der Waals surface area contributed by atoms with E-state index in [4.69, 9.17) is 9.84 Å². The molecule has 0 aromatic heterocycles. The minimum atomic E-state index is -0.769. The Morgan fingerprint density at radius 3 is 2.52 bits per heavy atom. The summed E-state index contributed by atoms with van der Waals surface area (Å²) in [6.45, 7) is 4.89. The molecular weight excluding hydrogens is 270 g/mol. The first-order chi connectivity index (χ1) is 10.0. The summed E-state index contributed by atoms with van der Waals surface area (Å²) in [5.41, 5.74) is 0.610. The number of carboxylic acids is 1. The number of rotatable bonds is 4. The quantitative estimate of drug-likeness (QED) is 0.925. The van der Waals surface area contributed by atoms with Gasteiger partial charge in [0.25, 0.3) is 5.91 Å². The van der Waals surface area contributed by atoms with Crippen LogP contribution in [-0.2, 0) is 4.79 Å². The van der Waals surface area contributed by atoms with E-state index in [0.29, 0.717) is 31.6 Å². The highest BCUT2D eigenvalue weighted by Gasteiger charge is 2.32. The van der Waals surface area contributed by atoms with Gasteiger partial charge in [-0.3, -0.25) is 9.59 Å². The summed E-state index contributed by atoms with van der Waals surface area (Å²) < 4.78 is 5.36. The lowest BCUT2D eigenvalue weighted by molar-refractivity contribution is -0.143. The predicted octanol–water partition coefficient (Wildman–Crippen LogP) is 2.41. The first kappa shape index (κ1) is 15.4. The molecule has 0 saturated carbocycles. The van der Waals surface area contributed by atoms with Crippen molar-refractivity contribution in [3.05, 3.63) is 29.8 Å². The lowest BCUT2D eigenvalue weighted by atomic mass is 9.91. The fraction of sp³-hybridized carbons (Fsp3) is 0.500. The van der Waals surface area contributed by atoms with Crippen LogP contribution in [-0.4, -0.2) is 41.1 Å². The van der Waals surface area contributed by atoms with Crippen LogP contribution in [0, 0.1) is 5.92 Å². The Balaban J connectivity index is 2.04. The lowest BCUT2D eigenvalue weighted by Gasteiger charge is -2.36. The molecule has 0 aliphatic carbocycles. The van der Waals surface area contributed by atoms with E-state index >= 15 is 0 Å². The normalized spacial score (nSPS) is 21.9. The highest BCUT2D eigenvalue weighted by atomic mass is 16.5. The molecule has 2 rings (SSSR count). The summed E-state index contributed by atoms with van der Waals surface area (Å²) in [5.74, 6) is -0.416. The second-order valence-electron chi connectivity index (χ2n) is 5.36. The highest BCUT2D eigenvalue weighted by Crippen LogP contribution is 2.25. The lowest BCUT2D eigenvalue weighted by Crippen LogP contribution is -2.46. The van der Waals surface area contributed by atoms with Gasteiger partial charge in [-0.25, -0.2) is 0 Å². The van der Waals surface area contributed by atoms with E-state index in [1.807, 2.05) is 13.8 Å². The van der Waals surface area contributed by atoms with Gasteiger partial charge in [-0.05, 0) is 51.0 Å². The summed E-state index contributed by atoms with van der Waals surface area (Å²) in [7, 11) is 0. The SMILES string of the molecule is CCOc1ccc(C(=O)N2CCC(C(=O)O)CC2C)cc1. The zero-order valence-corrected chi connectivity index (χ0v) is 12.4. The Morgan fingerprint density at radius 2 is 2.00 bits per heavy atom. The monoisotopic (exact) mass is 291 g/mol. The van der Waals surface area contributed by atoms with Gasteiger partial charge >= 0.3 is 5.97 Å². The largest absolute Gasteiger partial charge is 0.494 e. The Kier molecular flexibility index (Phi) is 4.83. The smallest absolute Gasteiger partial charge is 0.306 e. The summed E-state index contributed by atoms with van der Waals surface area (Å²) in [6.07, 6.45) is 1.03. The number of carbonyl (C=O) groups is 2. The van der Waals surface area contributed by atoms with Gasteiger partial charge < -0.3 is 14.7 Å². The number of benzene rings is 1. The number of nitrogens with zero attached hydrogens (tertiary/aromatic N) is 1. The summed E-state index contributed by atoms with van der Waals surface area (Å²) in [5, 5.41) is 9.06. The summed E-state index contributed by atoms with van der Waals surface area (Å²) >= 11 is 0. The van der Waals surface area contributed by atoms with E-state index < -0.39 is 5.97 Å². The van der Waals surface area contributed by atoms with Crippen LogP contribution in [0.15, 0.2) is 24.3 Å². The topological polar surface area (TPSA) is 66.8 Å². The summed E-state index contributed by atoms with van der Waals surface area (Å²) in [6, 6.07) is 7.02. The molecule has 1 aromatic carbocycles. The predicted molar refractivity (Wildman–Crippen MR) is 78.5 cm³/mol. The number of ether oxygens (including phenoxy) is 1. The van der Waals surface area contributed by atoms with Gasteiger partial charge in [0.1, 0.15) is 5.75 Å². The molecule has 5 heteroatoms. The minimum Gasteiger partial charge on any atom is -0.494 e. The van der Waals surface area contributed by atoms with Crippen molar-refractivity contribution in [1.82, 2.24) is 4.90 Å². The van der Waals surface area contributed by atoms with Crippen LogP contribution in [0.5, 0.6) is 5.75 Å². The van der Waals surface area contributed by atoms with Gasteiger partial charge in [0.2, 0.25) is 0 Å². The van der Waals surface area contributed by atoms with Crippen LogP contribution in [0.1, 0.15) is 37.0 Å². The highest BCUT2D eigenvalue weighted by molar-refractivity contribution is 5.94. The van der Waals surface area contributed by atoms with Crippen molar-refractivity contribution in [3.63, 3.8) is 0 Å². The van der Waals surface area contributed by atoms with Crippen molar-refractivity contribution < 1.29 is 19.4 Å². The fourth-order valence-corrected chi connectivity index (χ4v) is 2.72. The second kappa shape index (κ2) is 6.61. The molecule has 0 bridgehead atoms. The molecule has 1 aromatic rings. The third-order valence-electron chi connectivity index (χ3n) is 3.90. The number of aliphatic carboxylic acids is 1. The number of likely N-dealkylation sites (tertiary alicyclic amines) is 1. The van der Waals surface area contributed by atoms with Crippen molar-refractivity contribution in [2.24, 2.45) is 5.92 Å². The molecule has 1 saturated heterocycles. The number of hydrogen-bond acceptors (Lipinski definition) is 3. The molecule has 114 valence electrons. The van der Waals surface area contributed by atoms with E-state index in [1.54, 1.807) is 29.2 Å². The van der Waals surface area contributed by atoms with E-state index in [9.17, 15) is 9.59 Å². The van der Waals surface area contributed by atoms with Crippen molar-refractivity contribution in [2.75, 3.05) is 13.2 Å². The van der Waals surface area contributed by atoms with Crippen LogP contribution in [0.4, 0.5) is 0 Å². The van der Waals surface area contributed by atoms with Gasteiger partial charge in [0.05, 0.1) is 12.5 Å². The maximum atomic E-state index is 12.5. The van der Waals surface area contributed by atoms with Gasteiger partial charge in [-0.2, -0.15) is 0 Å². The maximum Gasteiger partial charge on any atom is 0.306 e. The Hall–Kier alpha value is -2.04. The molecule has 1 fully saturated rings. The standard InChI is InChI=1S/C16H21NO4/c1-3-21-14-6-4-12(5-7-14)15(18)17-9-8-13(16(19)20)10-11(17)2/h4-7,11,13H,3,8-10H2,1-2H3,(H,19,20). The molecular formula is C16H21NO4. The van der Waals surface area contributed by atoms with Crippen LogP contribution in [0.25, 0.3) is 0 Å². The molecule has 1 heterocycles. The number of carbonyl (C=O) groups excluding carboxylic acids is 1. The van der Waals surface area contributed by atoms with E-state index in [1.165, 1.54) is 0 Å². The van der Waals surface area contributed by atoms with Gasteiger partial charge in [0.15, 0.2) is 0 Å². The average molecular weight is 291 g/mol. The number of amides is 1. The first-order valence-corrected chi connectivity index (χ1v) is 7.29. The molecule has 0 spiro atoms. The van der Waals surface area contributed by atoms with Crippen molar-refractivity contribution >= 4 is 11.9 Å². The first-order valence-electron chi connectivity index (χ1n) is 7.29. The second-order valence-corrected chi connectivity index (χ2v) is 5.36. The zero-order valence-electron chi connectivity index (χ0n) is 12.4. The summed E-state index contributed by atoms with van der Waals surface area (Å²) in [4.78, 5) is 25.3. The molecule has 0 radical (unpaired) electrons. The number of hydrogen-bond donors (Lipinski definition) is 1. The molecule has 5 nitrogen and oxygen atoms in total. The molecule has 2 atom stereocenters. The Morgan fingerprint density at radius 1 is 1.33 bits per heavy atom. The van der Waals surface area contributed by atoms with Crippen LogP contribution >= 0.6 is 0 Å². The number of carboxylic acid groups (broad SMARTS) is 1. The van der Waals surface area contributed by atoms with Gasteiger partial charge in [-0.1, -0.05) is 0 Å². The Bertz CT molecular complexity index is 512. The molecule has 1 N–H and O–H groups in total. The third-order valence-corrected chi connectivity index (χ3v) is 3.90. The molecule has 21 heavy (non-hydrogen) atoms. The van der Waals surface area contributed by atoms with Crippen LogP contribution in [0.3, 0.4) is 0 Å². The Labute approximate surface area is 124 Å². The minimum absolute atomic E-state index is 0.0469. The van der Waals surface area contributed by atoms with E-state index in [0.717, 1.165) is 5.75 Å². The van der Waals surface area contributed by atoms with Crippen LogP contribution < -0.4 is 4.74 Å². The van der Waals surface area contributed by atoms with Crippen LogP contribution in [0.2, 0.25) is 0 Å². The van der Waals surface area contributed by atoms with E-state index in [-0.39, 0.29) is 17.9 Å². The fourth-order valence-electron chi connectivity index (χ4n) is 2.72. The van der Waals surface area contributed by atoms with E-state index in [2.05, 4.69) is 0 Å². The molecule has 1 aliphatic rings. The van der Waals surface area contributed by atoms with Crippen molar-refractivity contribution in [2.45, 2.75) is 32.7 Å². The molecule has 1 aliphatic heterocycles. The van der Waals surface area contributed by atoms with Crippen molar-refractivity contribution in [3.8, 4) is 5.75 Å². The third kappa shape index (κ3) is 3.54. The average Bonchev–Trinajstić information content (AvgIpc) is 2.47. The maximum absolute atomic E-state index is 12.5.